The summed E-state index contributed by atoms with van der Waals surface area (Å²) < 4.78 is 5.71. The number of likely N-dealkylation sites (tertiary alicyclic amines) is 1. The molecule has 2 aromatic carbocycles. The van der Waals surface area contributed by atoms with Crippen LogP contribution in [0.4, 0.5) is 4.79 Å². The van der Waals surface area contributed by atoms with Gasteiger partial charge in [0.25, 0.3) is 0 Å². The third kappa shape index (κ3) is 3.43. The summed E-state index contributed by atoms with van der Waals surface area (Å²) >= 11 is 0. The lowest BCUT2D eigenvalue weighted by Gasteiger charge is -2.34. The Labute approximate surface area is 161 Å². The van der Waals surface area contributed by atoms with Gasteiger partial charge in [0.15, 0.2) is 0 Å². The molecular formula is C23H29NO3. The van der Waals surface area contributed by atoms with Gasteiger partial charge in [-0.1, -0.05) is 48.9 Å². The van der Waals surface area contributed by atoms with Crippen molar-refractivity contribution in [3.63, 3.8) is 0 Å². The van der Waals surface area contributed by atoms with Crippen molar-refractivity contribution in [2.75, 3.05) is 0 Å². The second-order valence-electron chi connectivity index (χ2n) is 8.96. The first-order valence-electron chi connectivity index (χ1n) is 10.0. The normalized spacial score (nSPS) is 26.2. The van der Waals surface area contributed by atoms with Crippen LogP contribution in [0, 0.1) is 5.92 Å². The maximum Gasteiger partial charge on any atom is 0.410 e. The van der Waals surface area contributed by atoms with Crippen LogP contribution in [0.15, 0.2) is 42.5 Å². The smallest absolute Gasteiger partial charge is 0.410 e. The summed E-state index contributed by atoms with van der Waals surface area (Å²) in [5.74, 6) is 0.465. The number of hydrogen-bond acceptors (Lipinski definition) is 3. The minimum atomic E-state index is -0.714. The van der Waals surface area contributed by atoms with Gasteiger partial charge in [-0.15, -0.1) is 0 Å². The van der Waals surface area contributed by atoms with Gasteiger partial charge in [-0.2, -0.15) is 0 Å². The van der Waals surface area contributed by atoms with Gasteiger partial charge in [0.1, 0.15) is 11.7 Å². The summed E-state index contributed by atoms with van der Waals surface area (Å²) in [6.07, 6.45) is 3.11. The third-order valence-corrected chi connectivity index (χ3v) is 5.99. The van der Waals surface area contributed by atoms with Crippen LogP contribution in [0.1, 0.15) is 58.1 Å². The second-order valence-corrected chi connectivity index (χ2v) is 8.96. The van der Waals surface area contributed by atoms with Crippen molar-refractivity contribution in [3.05, 3.63) is 48.0 Å². The summed E-state index contributed by atoms with van der Waals surface area (Å²) in [5, 5.41) is 13.5. The van der Waals surface area contributed by atoms with E-state index in [0.29, 0.717) is 5.92 Å². The fraction of sp³-hybridized carbons (Fsp3) is 0.522. The molecule has 0 radical (unpaired) electrons. The quantitative estimate of drug-likeness (QED) is 0.808. The zero-order chi connectivity index (χ0) is 19.2. The molecule has 1 N–H and O–H groups in total. The summed E-state index contributed by atoms with van der Waals surface area (Å²) in [6.45, 7) is 5.68. The van der Waals surface area contributed by atoms with E-state index in [1.807, 2.05) is 56.0 Å². The van der Waals surface area contributed by atoms with Gasteiger partial charge in [-0.05, 0) is 62.3 Å². The molecule has 0 unspecified atom stereocenters. The Morgan fingerprint density at radius 3 is 2.67 bits per heavy atom. The molecule has 1 amide bonds. The van der Waals surface area contributed by atoms with Gasteiger partial charge < -0.3 is 9.84 Å². The minimum absolute atomic E-state index is 0.189. The lowest BCUT2D eigenvalue weighted by atomic mass is 9.92. The van der Waals surface area contributed by atoms with E-state index in [1.165, 1.54) is 0 Å². The molecule has 1 saturated carbocycles. The number of ether oxygens (including phenoxy) is 1. The van der Waals surface area contributed by atoms with Gasteiger partial charge in [0, 0.05) is 6.04 Å². The fourth-order valence-corrected chi connectivity index (χ4v) is 4.91. The molecule has 0 bridgehead atoms. The molecule has 4 rings (SSSR count). The summed E-state index contributed by atoms with van der Waals surface area (Å²) in [6, 6.07) is 14.1. The zero-order valence-corrected chi connectivity index (χ0v) is 16.4. The topological polar surface area (TPSA) is 49.8 Å². The molecule has 1 aliphatic heterocycles. The average molecular weight is 367 g/mol. The fourth-order valence-electron chi connectivity index (χ4n) is 4.91. The number of aliphatic hydroxyl groups excluding tert-OH is 1. The van der Waals surface area contributed by atoms with Gasteiger partial charge >= 0.3 is 6.09 Å². The first-order valence-corrected chi connectivity index (χ1v) is 10.0. The molecule has 144 valence electrons. The van der Waals surface area contributed by atoms with Crippen LogP contribution in [0.2, 0.25) is 0 Å². The van der Waals surface area contributed by atoms with Gasteiger partial charge in [0.2, 0.25) is 0 Å². The van der Waals surface area contributed by atoms with Gasteiger partial charge in [0.05, 0.1) is 6.04 Å². The maximum atomic E-state index is 13.0. The highest BCUT2D eigenvalue weighted by Gasteiger charge is 2.49. The highest BCUT2D eigenvalue weighted by Crippen LogP contribution is 2.46. The predicted octanol–water partition coefficient (Wildman–Crippen LogP) is 5.05. The van der Waals surface area contributed by atoms with Crippen molar-refractivity contribution in [3.8, 4) is 0 Å². The molecule has 4 nitrogen and oxygen atoms in total. The standard InChI is InChI=1S/C23H29NO3/c1-23(2,3)27-22(26)24-19-13-7-10-16(19)14-20(24)21(25)18-12-6-9-15-8-4-5-11-17(15)18/h4-6,8-9,11-12,16,19-21,25H,7,10,13-14H2,1-3H3/t16-,19-,20-,21+/m1/s1. The van der Waals surface area contributed by atoms with E-state index >= 15 is 0 Å². The molecule has 0 spiro atoms. The Morgan fingerprint density at radius 1 is 1.15 bits per heavy atom. The molecule has 1 heterocycles. The molecule has 27 heavy (non-hydrogen) atoms. The number of amides is 1. The van der Waals surface area contributed by atoms with Crippen molar-refractivity contribution >= 4 is 16.9 Å². The van der Waals surface area contributed by atoms with E-state index in [9.17, 15) is 9.90 Å². The van der Waals surface area contributed by atoms with E-state index in [1.54, 1.807) is 0 Å². The van der Waals surface area contributed by atoms with Crippen molar-refractivity contribution in [1.29, 1.82) is 0 Å². The molecule has 0 aromatic heterocycles. The van der Waals surface area contributed by atoms with Crippen LogP contribution in [0.5, 0.6) is 0 Å². The average Bonchev–Trinajstić information content (AvgIpc) is 3.19. The number of fused-ring (bicyclic) bond motifs is 2. The highest BCUT2D eigenvalue weighted by atomic mass is 16.6. The number of carbonyl (C=O) groups excluding carboxylic acids is 1. The van der Waals surface area contributed by atoms with Crippen molar-refractivity contribution in [2.45, 2.75) is 70.2 Å². The highest BCUT2D eigenvalue weighted by molar-refractivity contribution is 5.86. The van der Waals surface area contributed by atoms with Crippen LogP contribution < -0.4 is 0 Å². The van der Waals surface area contributed by atoms with Crippen molar-refractivity contribution in [2.24, 2.45) is 5.92 Å². The lowest BCUT2D eigenvalue weighted by Crippen LogP contribution is -2.46. The van der Waals surface area contributed by atoms with E-state index < -0.39 is 11.7 Å². The maximum absolute atomic E-state index is 13.0. The molecular weight excluding hydrogens is 338 g/mol. The molecule has 4 heteroatoms. The Balaban J connectivity index is 1.68. The largest absolute Gasteiger partial charge is 0.444 e. The first-order chi connectivity index (χ1) is 12.8. The first kappa shape index (κ1) is 18.3. The molecule has 1 saturated heterocycles. The number of aliphatic hydroxyl groups is 1. The summed E-state index contributed by atoms with van der Waals surface area (Å²) in [5.41, 5.74) is 0.356. The molecule has 2 aromatic rings. The van der Waals surface area contributed by atoms with Crippen molar-refractivity contribution in [1.82, 2.24) is 4.90 Å². The van der Waals surface area contributed by atoms with Crippen LogP contribution in [0.25, 0.3) is 10.8 Å². The Bertz CT molecular complexity index is 836. The lowest BCUT2D eigenvalue weighted by molar-refractivity contribution is -0.00478. The zero-order valence-electron chi connectivity index (χ0n) is 16.4. The molecule has 4 atom stereocenters. The predicted molar refractivity (Wildman–Crippen MR) is 107 cm³/mol. The monoisotopic (exact) mass is 367 g/mol. The number of carbonyl (C=O) groups is 1. The third-order valence-electron chi connectivity index (χ3n) is 5.99. The Morgan fingerprint density at radius 2 is 1.89 bits per heavy atom. The van der Waals surface area contributed by atoms with Crippen LogP contribution in [0.3, 0.4) is 0 Å². The SMILES string of the molecule is CC(C)(C)OC(=O)N1[C@@H]2CCC[C@@H]2C[C@@H]1[C@@H](O)c1cccc2ccccc12. The van der Waals surface area contributed by atoms with E-state index in [2.05, 4.69) is 12.1 Å². The van der Waals surface area contributed by atoms with Gasteiger partial charge in [-0.25, -0.2) is 4.79 Å². The van der Waals surface area contributed by atoms with E-state index in [0.717, 1.165) is 42.0 Å². The number of benzene rings is 2. The second kappa shape index (κ2) is 6.83. The number of rotatable bonds is 2. The van der Waals surface area contributed by atoms with Crippen LogP contribution >= 0.6 is 0 Å². The Kier molecular flexibility index (Phi) is 4.63. The number of nitrogens with zero attached hydrogens (tertiary/aromatic N) is 1. The summed E-state index contributed by atoms with van der Waals surface area (Å²) in [4.78, 5) is 14.9. The number of hydrogen-bond donors (Lipinski definition) is 1. The van der Waals surface area contributed by atoms with Crippen LogP contribution in [-0.2, 0) is 4.74 Å². The summed E-state index contributed by atoms with van der Waals surface area (Å²) in [7, 11) is 0. The van der Waals surface area contributed by atoms with E-state index in [4.69, 9.17) is 4.74 Å². The van der Waals surface area contributed by atoms with E-state index in [-0.39, 0.29) is 18.2 Å². The minimum Gasteiger partial charge on any atom is -0.444 e. The molecule has 2 aliphatic rings. The molecule has 2 fully saturated rings. The van der Waals surface area contributed by atoms with Crippen molar-refractivity contribution < 1.29 is 14.6 Å². The molecule has 1 aliphatic carbocycles. The van der Waals surface area contributed by atoms with Crippen LogP contribution in [-0.4, -0.2) is 33.8 Å². The van der Waals surface area contributed by atoms with Gasteiger partial charge in [-0.3, -0.25) is 4.90 Å². The Hall–Kier alpha value is -2.07.